The van der Waals surface area contributed by atoms with Crippen LogP contribution in [0.15, 0.2) is 18.2 Å². The number of aliphatic hydroxyl groups is 1. The minimum Gasteiger partial charge on any atom is -0.494 e. The first-order valence-electron chi connectivity index (χ1n) is 7.32. The lowest BCUT2D eigenvalue weighted by molar-refractivity contribution is -0.117. The van der Waals surface area contributed by atoms with E-state index in [1.165, 1.54) is 0 Å². The van der Waals surface area contributed by atoms with E-state index >= 15 is 0 Å². The Balaban J connectivity index is 1.93. The molecule has 0 atom stereocenters. The van der Waals surface area contributed by atoms with Crippen molar-refractivity contribution >= 4 is 11.6 Å². The molecular formula is C15H23N3O3. The number of benzene rings is 1. The van der Waals surface area contributed by atoms with E-state index in [0.29, 0.717) is 30.2 Å². The monoisotopic (exact) mass is 293 g/mol. The van der Waals surface area contributed by atoms with E-state index < -0.39 is 0 Å². The Labute approximate surface area is 125 Å². The van der Waals surface area contributed by atoms with Crippen LogP contribution in [0.25, 0.3) is 0 Å². The SMILES string of the molecule is CCOc1ccc(NC(=O)CN2CCNCC2)cc1CO. The molecule has 6 nitrogen and oxygen atoms in total. The van der Waals surface area contributed by atoms with Crippen LogP contribution in [0.4, 0.5) is 5.69 Å². The second-order valence-corrected chi connectivity index (χ2v) is 4.99. The molecule has 3 N–H and O–H groups in total. The molecule has 2 rings (SSSR count). The van der Waals surface area contributed by atoms with Gasteiger partial charge >= 0.3 is 0 Å². The average molecular weight is 293 g/mol. The fraction of sp³-hybridized carbons (Fsp3) is 0.533. The predicted molar refractivity (Wildman–Crippen MR) is 81.5 cm³/mol. The highest BCUT2D eigenvalue weighted by atomic mass is 16.5. The lowest BCUT2D eigenvalue weighted by Gasteiger charge is -2.26. The highest BCUT2D eigenvalue weighted by Crippen LogP contribution is 2.23. The molecule has 0 bridgehead atoms. The van der Waals surface area contributed by atoms with Crippen LogP contribution in [-0.2, 0) is 11.4 Å². The van der Waals surface area contributed by atoms with Gasteiger partial charge in [-0.1, -0.05) is 0 Å². The Morgan fingerprint density at radius 2 is 2.19 bits per heavy atom. The number of hydrogen-bond donors (Lipinski definition) is 3. The number of ether oxygens (including phenoxy) is 1. The van der Waals surface area contributed by atoms with E-state index in [9.17, 15) is 9.90 Å². The van der Waals surface area contributed by atoms with E-state index in [4.69, 9.17) is 4.74 Å². The highest BCUT2D eigenvalue weighted by molar-refractivity contribution is 5.92. The lowest BCUT2D eigenvalue weighted by atomic mass is 10.2. The largest absolute Gasteiger partial charge is 0.494 e. The van der Waals surface area contributed by atoms with Gasteiger partial charge < -0.3 is 20.5 Å². The maximum absolute atomic E-state index is 12.0. The predicted octanol–water partition coefficient (Wildman–Crippen LogP) is 0.421. The van der Waals surface area contributed by atoms with Gasteiger partial charge in [-0.25, -0.2) is 0 Å². The van der Waals surface area contributed by atoms with Crippen molar-refractivity contribution in [1.82, 2.24) is 10.2 Å². The summed E-state index contributed by atoms with van der Waals surface area (Å²) in [5.41, 5.74) is 1.36. The number of nitrogens with zero attached hydrogens (tertiary/aromatic N) is 1. The molecule has 1 amide bonds. The number of carbonyl (C=O) groups excluding carboxylic acids is 1. The summed E-state index contributed by atoms with van der Waals surface area (Å²) in [5, 5.41) is 15.5. The molecule has 0 unspecified atom stereocenters. The van der Waals surface area contributed by atoms with Gasteiger partial charge in [-0.2, -0.15) is 0 Å². The van der Waals surface area contributed by atoms with Crippen LogP contribution in [0.3, 0.4) is 0 Å². The van der Waals surface area contributed by atoms with Crippen molar-refractivity contribution in [3.8, 4) is 5.75 Å². The Morgan fingerprint density at radius 1 is 1.43 bits per heavy atom. The van der Waals surface area contributed by atoms with Crippen LogP contribution in [0.5, 0.6) is 5.75 Å². The molecule has 116 valence electrons. The van der Waals surface area contributed by atoms with E-state index in [0.717, 1.165) is 26.2 Å². The maximum atomic E-state index is 12.0. The van der Waals surface area contributed by atoms with E-state index in [1.54, 1.807) is 18.2 Å². The molecule has 1 aromatic rings. The van der Waals surface area contributed by atoms with Crippen LogP contribution in [-0.4, -0.2) is 55.2 Å². The van der Waals surface area contributed by atoms with Gasteiger partial charge in [-0.05, 0) is 25.1 Å². The topological polar surface area (TPSA) is 73.8 Å². The molecule has 0 aromatic heterocycles. The average Bonchev–Trinajstić information content (AvgIpc) is 2.50. The molecule has 6 heteroatoms. The summed E-state index contributed by atoms with van der Waals surface area (Å²) in [4.78, 5) is 14.1. The number of hydrogen-bond acceptors (Lipinski definition) is 5. The molecule has 0 spiro atoms. The summed E-state index contributed by atoms with van der Waals surface area (Å²) in [7, 11) is 0. The highest BCUT2D eigenvalue weighted by Gasteiger charge is 2.14. The third-order valence-corrected chi connectivity index (χ3v) is 3.39. The normalized spacial score (nSPS) is 15.7. The van der Waals surface area contributed by atoms with Crippen LogP contribution < -0.4 is 15.4 Å². The zero-order valence-corrected chi connectivity index (χ0v) is 12.4. The number of amides is 1. The van der Waals surface area contributed by atoms with Crippen molar-refractivity contribution in [2.75, 3.05) is 44.6 Å². The van der Waals surface area contributed by atoms with Crippen molar-refractivity contribution in [2.45, 2.75) is 13.5 Å². The number of carbonyl (C=O) groups is 1. The summed E-state index contributed by atoms with van der Waals surface area (Å²) >= 11 is 0. The quantitative estimate of drug-likeness (QED) is 0.709. The van der Waals surface area contributed by atoms with Gasteiger partial charge in [0.1, 0.15) is 5.75 Å². The lowest BCUT2D eigenvalue weighted by Crippen LogP contribution is -2.46. The van der Waals surface area contributed by atoms with Gasteiger partial charge in [-0.3, -0.25) is 9.69 Å². The molecule has 1 fully saturated rings. The van der Waals surface area contributed by atoms with E-state index in [-0.39, 0.29) is 12.5 Å². The third-order valence-electron chi connectivity index (χ3n) is 3.39. The van der Waals surface area contributed by atoms with Gasteiger partial charge in [0, 0.05) is 37.4 Å². The fourth-order valence-corrected chi connectivity index (χ4v) is 2.35. The molecular weight excluding hydrogens is 270 g/mol. The first-order chi connectivity index (χ1) is 10.2. The third kappa shape index (κ3) is 4.70. The van der Waals surface area contributed by atoms with Crippen molar-refractivity contribution in [3.05, 3.63) is 23.8 Å². The minimum atomic E-state index is -0.114. The second-order valence-electron chi connectivity index (χ2n) is 4.99. The summed E-state index contributed by atoms with van der Waals surface area (Å²) in [5.74, 6) is 0.616. The molecule has 21 heavy (non-hydrogen) atoms. The Hall–Kier alpha value is -1.63. The molecule has 0 aliphatic carbocycles. The van der Waals surface area contributed by atoms with Gasteiger partial charge in [0.2, 0.25) is 5.91 Å². The van der Waals surface area contributed by atoms with Gasteiger partial charge in [0.15, 0.2) is 0 Å². The smallest absolute Gasteiger partial charge is 0.238 e. The molecule has 0 saturated carbocycles. The molecule has 1 saturated heterocycles. The summed E-state index contributed by atoms with van der Waals surface area (Å²) in [6.07, 6.45) is 0. The van der Waals surface area contributed by atoms with Gasteiger partial charge in [-0.15, -0.1) is 0 Å². The second kappa shape index (κ2) is 7.97. The first-order valence-corrected chi connectivity index (χ1v) is 7.32. The molecule has 1 aliphatic rings. The van der Waals surface area contributed by atoms with Gasteiger partial charge in [0.05, 0.1) is 19.8 Å². The maximum Gasteiger partial charge on any atom is 0.238 e. The van der Waals surface area contributed by atoms with E-state index in [1.807, 2.05) is 6.92 Å². The number of aliphatic hydroxyl groups excluding tert-OH is 1. The van der Waals surface area contributed by atoms with E-state index in [2.05, 4.69) is 15.5 Å². The van der Waals surface area contributed by atoms with Crippen LogP contribution >= 0.6 is 0 Å². The fourth-order valence-electron chi connectivity index (χ4n) is 2.35. The zero-order chi connectivity index (χ0) is 15.1. The Bertz CT molecular complexity index is 473. The molecule has 1 aromatic carbocycles. The number of nitrogens with one attached hydrogen (secondary N) is 2. The van der Waals surface area contributed by atoms with Crippen molar-refractivity contribution in [3.63, 3.8) is 0 Å². The Kier molecular flexibility index (Phi) is 5.98. The number of rotatable bonds is 6. The van der Waals surface area contributed by atoms with Crippen molar-refractivity contribution in [2.24, 2.45) is 0 Å². The number of piperazine rings is 1. The minimum absolute atomic E-state index is 0.0371. The summed E-state index contributed by atoms with van der Waals surface area (Å²) < 4.78 is 5.42. The van der Waals surface area contributed by atoms with Gasteiger partial charge in [0.25, 0.3) is 0 Å². The molecule has 0 radical (unpaired) electrons. The molecule has 1 aliphatic heterocycles. The summed E-state index contributed by atoms with van der Waals surface area (Å²) in [6, 6.07) is 5.32. The Morgan fingerprint density at radius 3 is 2.86 bits per heavy atom. The number of anilines is 1. The van der Waals surface area contributed by atoms with Crippen LogP contribution in [0, 0.1) is 0 Å². The van der Waals surface area contributed by atoms with Crippen LogP contribution in [0.1, 0.15) is 12.5 Å². The summed E-state index contributed by atoms with van der Waals surface area (Å²) in [6.45, 7) is 6.33. The van der Waals surface area contributed by atoms with Crippen molar-refractivity contribution in [1.29, 1.82) is 0 Å². The standard InChI is InChI=1S/C15H23N3O3/c1-2-21-14-4-3-13(9-12(14)11-19)17-15(20)10-18-7-5-16-6-8-18/h3-4,9,16,19H,2,5-8,10-11H2,1H3,(H,17,20). The molecule has 1 heterocycles. The van der Waals surface area contributed by atoms with Crippen molar-refractivity contribution < 1.29 is 14.6 Å². The first kappa shape index (κ1) is 15.8. The van der Waals surface area contributed by atoms with Crippen LogP contribution in [0.2, 0.25) is 0 Å². The zero-order valence-electron chi connectivity index (χ0n) is 12.4.